The molecule has 1 saturated heterocycles. The number of carbonyl (C=O) groups is 1. The number of benzene rings is 1. The summed E-state index contributed by atoms with van der Waals surface area (Å²) < 4.78 is 5.19. The van der Waals surface area contributed by atoms with E-state index in [0.717, 1.165) is 30.2 Å². The zero-order valence-corrected chi connectivity index (χ0v) is 13.8. The molecular weight excluding hydrogens is 284 g/mol. The number of rotatable bonds is 4. The number of amides is 1. The van der Waals surface area contributed by atoms with Crippen molar-refractivity contribution >= 4 is 17.7 Å². The first kappa shape index (κ1) is 16.2. The van der Waals surface area contributed by atoms with Crippen LogP contribution in [0.3, 0.4) is 0 Å². The maximum absolute atomic E-state index is 12.4. The Morgan fingerprint density at radius 3 is 2.95 bits per heavy atom. The molecule has 1 heterocycles. The summed E-state index contributed by atoms with van der Waals surface area (Å²) in [6, 6.07) is 7.96. The van der Waals surface area contributed by atoms with Crippen molar-refractivity contribution in [1.82, 2.24) is 4.90 Å². The first-order valence-corrected chi connectivity index (χ1v) is 8.21. The first-order valence-electron chi connectivity index (χ1n) is 7.22. The lowest BCUT2D eigenvalue weighted by molar-refractivity contribution is -0.131. The standard InChI is InChI=1S/C16H24N2O2S/c1-16(2)11-18(8-7-14(16)17)15(19)10-21-13-6-4-5-12(9-13)20-3/h4-6,9,14H,7-8,10-11,17H2,1-3H3. The third-order valence-corrected chi connectivity index (χ3v) is 5.05. The van der Waals surface area contributed by atoms with Crippen LogP contribution in [0.1, 0.15) is 20.3 Å². The molecule has 116 valence electrons. The second-order valence-electron chi connectivity index (χ2n) is 6.17. The summed E-state index contributed by atoms with van der Waals surface area (Å²) in [6.45, 7) is 5.77. The van der Waals surface area contributed by atoms with Crippen molar-refractivity contribution in [2.24, 2.45) is 11.1 Å². The molecule has 2 N–H and O–H groups in total. The number of nitrogens with two attached hydrogens (primary N) is 1. The molecule has 5 heteroatoms. The van der Waals surface area contributed by atoms with E-state index in [9.17, 15) is 4.79 Å². The van der Waals surface area contributed by atoms with Gasteiger partial charge >= 0.3 is 0 Å². The van der Waals surface area contributed by atoms with E-state index in [0.29, 0.717) is 5.75 Å². The number of methoxy groups -OCH3 is 1. The van der Waals surface area contributed by atoms with Gasteiger partial charge in [0.2, 0.25) is 5.91 Å². The van der Waals surface area contributed by atoms with Crippen molar-refractivity contribution < 1.29 is 9.53 Å². The fourth-order valence-corrected chi connectivity index (χ4v) is 3.36. The molecule has 0 saturated carbocycles. The zero-order valence-electron chi connectivity index (χ0n) is 13.0. The molecule has 0 aromatic heterocycles. The average molecular weight is 308 g/mol. The highest BCUT2D eigenvalue weighted by molar-refractivity contribution is 8.00. The molecule has 1 aliphatic rings. The monoisotopic (exact) mass is 308 g/mol. The number of carbonyl (C=O) groups excluding carboxylic acids is 1. The van der Waals surface area contributed by atoms with Gasteiger partial charge in [0.05, 0.1) is 12.9 Å². The molecule has 1 aromatic carbocycles. The van der Waals surface area contributed by atoms with Crippen molar-refractivity contribution in [3.8, 4) is 5.75 Å². The van der Waals surface area contributed by atoms with Gasteiger partial charge in [0, 0.05) is 24.0 Å². The minimum Gasteiger partial charge on any atom is -0.497 e. The third kappa shape index (κ3) is 4.14. The minimum atomic E-state index is -0.00541. The SMILES string of the molecule is COc1cccc(SCC(=O)N2CCC(N)C(C)(C)C2)c1. The smallest absolute Gasteiger partial charge is 0.232 e. The molecule has 1 fully saturated rings. The van der Waals surface area contributed by atoms with Gasteiger partial charge < -0.3 is 15.4 Å². The van der Waals surface area contributed by atoms with E-state index in [2.05, 4.69) is 13.8 Å². The molecule has 0 spiro atoms. The van der Waals surface area contributed by atoms with Gasteiger partial charge in [-0.05, 0) is 30.0 Å². The van der Waals surface area contributed by atoms with E-state index in [4.69, 9.17) is 10.5 Å². The summed E-state index contributed by atoms with van der Waals surface area (Å²) in [6.07, 6.45) is 0.878. The summed E-state index contributed by atoms with van der Waals surface area (Å²) >= 11 is 1.55. The highest BCUT2D eigenvalue weighted by Crippen LogP contribution is 2.29. The van der Waals surface area contributed by atoms with Crippen LogP contribution in [-0.2, 0) is 4.79 Å². The number of thioether (sulfide) groups is 1. The van der Waals surface area contributed by atoms with Crippen molar-refractivity contribution in [2.45, 2.75) is 31.2 Å². The molecule has 0 aliphatic carbocycles. The predicted molar refractivity (Wildman–Crippen MR) is 86.7 cm³/mol. The Bertz CT molecular complexity index is 505. The zero-order chi connectivity index (χ0) is 15.5. The molecule has 1 aliphatic heterocycles. The van der Waals surface area contributed by atoms with Crippen molar-refractivity contribution in [2.75, 3.05) is 26.0 Å². The van der Waals surface area contributed by atoms with Crippen molar-refractivity contribution in [3.05, 3.63) is 24.3 Å². The van der Waals surface area contributed by atoms with Crippen LogP contribution in [0.25, 0.3) is 0 Å². The quantitative estimate of drug-likeness (QED) is 0.868. The van der Waals surface area contributed by atoms with Gasteiger partial charge in [-0.1, -0.05) is 19.9 Å². The van der Waals surface area contributed by atoms with Gasteiger partial charge in [-0.15, -0.1) is 11.8 Å². The lowest BCUT2D eigenvalue weighted by atomic mass is 9.80. The molecule has 0 bridgehead atoms. The van der Waals surface area contributed by atoms with Gasteiger partial charge in [0.15, 0.2) is 0 Å². The van der Waals surface area contributed by atoms with Crippen molar-refractivity contribution in [3.63, 3.8) is 0 Å². The van der Waals surface area contributed by atoms with Gasteiger partial charge in [0.25, 0.3) is 0 Å². The molecule has 4 nitrogen and oxygen atoms in total. The van der Waals surface area contributed by atoms with Gasteiger partial charge in [-0.3, -0.25) is 4.79 Å². The topological polar surface area (TPSA) is 55.6 Å². The Kier molecular flexibility index (Phi) is 5.17. The van der Waals surface area contributed by atoms with Crippen LogP contribution in [0.2, 0.25) is 0 Å². The van der Waals surface area contributed by atoms with Crippen LogP contribution < -0.4 is 10.5 Å². The van der Waals surface area contributed by atoms with Crippen LogP contribution in [-0.4, -0.2) is 42.8 Å². The Hall–Kier alpha value is -1.20. The van der Waals surface area contributed by atoms with Gasteiger partial charge in [-0.2, -0.15) is 0 Å². The molecule has 1 atom stereocenters. The Balaban J connectivity index is 1.90. The average Bonchev–Trinajstić information content (AvgIpc) is 2.47. The van der Waals surface area contributed by atoms with Crippen LogP contribution in [0.4, 0.5) is 0 Å². The highest BCUT2D eigenvalue weighted by Gasteiger charge is 2.35. The van der Waals surface area contributed by atoms with Crippen LogP contribution in [0, 0.1) is 5.41 Å². The Morgan fingerprint density at radius 2 is 2.29 bits per heavy atom. The van der Waals surface area contributed by atoms with E-state index < -0.39 is 0 Å². The minimum absolute atomic E-state index is 0.00541. The van der Waals surface area contributed by atoms with E-state index in [1.165, 1.54) is 0 Å². The second kappa shape index (κ2) is 6.71. The summed E-state index contributed by atoms with van der Waals surface area (Å²) in [7, 11) is 1.65. The van der Waals surface area contributed by atoms with E-state index >= 15 is 0 Å². The second-order valence-corrected chi connectivity index (χ2v) is 7.22. The number of ether oxygens (including phenoxy) is 1. The lowest BCUT2D eigenvalue weighted by Crippen LogP contribution is -2.54. The van der Waals surface area contributed by atoms with E-state index in [-0.39, 0.29) is 17.4 Å². The van der Waals surface area contributed by atoms with E-state index in [1.807, 2.05) is 29.2 Å². The summed E-state index contributed by atoms with van der Waals surface area (Å²) in [4.78, 5) is 15.3. The summed E-state index contributed by atoms with van der Waals surface area (Å²) in [5.74, 6) is 1.46. The number of hydrogen-bond acceptors (Lipinski definition) is 4. The highest BCUT2D eigenvalue weighted by atomic mass is 32.2. The lowest BCUT2D eigenvalue weighted by Gasteiger charge is -2.42. The van der Waals surface area contributed by atoms with E-state index in [1.54, 1.807) is 18.9 Å². The summed E-state index contributed by atoms with van der Waals surface area (Å²) in [5.41, 5.74) is 6.11. The van der Waals surface area contributed by atoms with Crippen LogP contribution in [0.5, 0.6) is 5.75 Å². The molecule has 21 heavy (non-hydrogen) atoms. The van der Waals surface area contributed by atoms with Crippen LogP contribution >= 0.6 is 11.8 Å². The predicted octanol–water partition coefficient (Wildman–Crippen LogP) is 2.37. The maximum atomic E-state index is 12.4. The Morgan fingerprint density at radius 1 is 1.52 bits per heavy atom. The molecular formula is C16H24N2O2S. The van der Waals surface area contributed by atoms with Gasteiger partial charge in [0.1, 0.15) is 5.75 Å². The fraction of sp³-hybridized carbons (Fsp3) is 0.562. The third-order valence-electron chi connectivity index (χ3n) is 4.07. The number of hydrogen-bond donors (Lipinski definition) is 1. The maximum Gasteiger partial charge on any atom is 0.232 e. The van der Waals surface area contributed by atoms with Gasteiger partial charge in [-0.25, -0.2) is 0 Å². The normalized spacial score (nSPS) is 21.1. The first-order chi connectivity index (χ1) is 9.92. The molecule has 1 unspecified atom stereocenters. The summed E-state index contributed by atoms with van der Waals surface area (Å²) in [5, 5.41) is 0. The molecule has 1 amide bonds. The molecule has 2 rings (SSSR count). The Labute approximate surface area is 131 Å². The number of likely N-dealkylation sites (tertiary alicyclic amines) is 1. The fourth-order valence-electron chi connectivity index (χ4n) is 2.51. The molecule has 1 aromatic rings. The van der Waals surface area contributed by atoms with Crippen molar-refractivity contribution in [1.29, 1.82) is 0 Å². The largest absolute Gasteiger partial charge is 0.497 e. The van der Waals surface area contributed by atoms with Crippen LogP contribution in [0.15, 0.2) is 29.2 Å². The number of nitrogens with zero attached hydrogens (tertiary/aromatic N) is 1. The molecule has 0 radical (unpaired) electrons. The number of piperidine rings is 1.